The first-order chi connectivity index (χ1) is 9.08. The van der Waals surface area contributed by atoms with Gasteiger partial charge in [0, 0.05) is 17.8 Å². The van der Waals surface area contributed by atoms with Crippen LogP contribution in [0, 0.1) is 13.8 Å². The predicted octanol–water partition coefficient (Wildman–Crippen LogP) is 3.01. The highest BCUT2D eigenvalue weighted by atomic mass is 16.1. The van der Waals surface area contributed by atoms with Crippen molar-refractivity contribution in [2.75, 3.05) is 5.32 Å². The zero-order valence-electron chi connectivity index (χ0n) is 11.2. The number of primary amides is 1. The molecule has 1 amide bonds. The minimum atomic E-state index is -0.392. The maximum absolute atomic E-state index is 11.3. The second-order valence-electron chi connectivity index (χ2n) is 4.68. The predicted molar refractivity (Wildman–Crippen MR) is 78.2 cm³/mol. The molecule has 0 radical (unpaired) electrons. The van der Waals surface area contributed by atoms with Crippen LogP contribution in [0.15, 0.2) is 42.5 Å². The van der Waals surface area contributed by atoms with E-state index in [2.05, 4.69) is 30.4 Å². The van der Waals surface area contributed by atoms with Gasteiger partial charge in [-0.1, -0.05) is 35.9 Å². The summed E-state index contributed by atoms with van der Waals surface area (Å²) in [5, 5.41) is 3.34. The molecule has 19 heavy (non-hydrogen) atoms. The van der Waals surface area contributed by atoms with Crippen molar-refractivity contribution in [3.63, 3.8) is 0 Å². The zero-order chi connectivity index (χ0) is 13.8. The molecule has 0 spiro atoms. The number of aryl methyl sites for hydroxylation is 1. The van der Waals surface area contributed by atoms with Crippen LogP contribution in [0.25, 0.3) is 0 Å². The number of anilines is 1. The Bertz CT molecular complexity index is 605. The molecule has 0 atom stereocenters. The van der Waals surface area contributed by atoms with Crippen molar-refractivity contribution >= 4 is 11.6 Å². The lowest BCUT2D eigenvalue weighted by molar-refractivity contribution is 0.1000. The zero-order valence-corrected chi connectivity index (χ0v) is 11.2. The van der Waals surface area contributed by atoms with Gasteiger partial charge in [0.25, 0.3) is 0 Å². The van der Waals surface area contributed by atoms with Crippen molar-refractivity contribution in [3.05, 3.63) is 64.7 Å². The Balaban J connectivity index is 2.16. The Morgan fingerprint density at radius 2 is 1.89 bits per heavy atom. The van der Waals surface area contributed by atoms with Gasteiger partial charge >= 0.3 is 0 Å². The molecule has 2 aromatic carbocycles. The van der Waals surface area contributed by atoms with Crippen molar-refractivity contribution in [1.82, 2.24) is 0 Å². The fourth-order valence-electron chi connectivity index (χ4n) is 2.11. The van der Waals surface area contributed by atoms with Crippen molar-refractivity contribution in [2.24, 2.45) is 5.73 Å². The van der Waals surface area contributed by atoms with Gasteiger partial charge in [0.05, 0.1) is 0 Å². The number of nitrogens with one attached hydrogen (secondary N) is 1. The molecule has 3 N–H and O–H groups in total. The van der Waals surface area contributed by atoms with E-state index in [1.165, 1.54) is 11.1 Å². The molecule has 0 aromatic heterocycles. The SMILES string of the molecule is Cc1cccc(CNc2cccc(C(N)=O)c2C)c1. The van der Waals surface area contributed by atoms with Gasteiger partial charge < -0.3 is 11.1 Å². The lowest BCUT2D eigenvalue weighted by Crippen LogP contribution is -2.13. The fourth-order valence-corrected chi connectivity index (χ4v) is 2.11. The first kappa shape index (κ1) is 13.1. The summed E-state index contributed by atoms with van der Waals surface area (Å²) in [6.45, 7) is 4.70. The Kier molecular flexibility index (Phi) is 3.85. The van der Waals surface area contributed by atoms with Gasteiger partial charge in [-0.15, -0.1) is 0 Å². The molecule has 0 heterocycles. The van der Waals surface area contributed by atoms with Crippen molar-refractivity contribution < 1.29 is 4.79 Å². The van der Waals surface area contributed by atoms with Crippen LogP contribution in [0.2, 0.25) is 0 Å². The summed E-state index contributed by atoms with van der Waals surface area (Å²) in [5.41, 5.74) is 10.2. The van der Waals surface area contributed by atoms with Gasteiger partial charge in [-0.2, -0.15) is 0 Å². The van der Waals surface area contributed by atoms with Gasteiger partial charge in [0.15, 0.2) is 0 Å². The van der Waals surface area contributed by atoms with E-state index in [4.69, 9.17) is 5.73 Å². The van der Waals surface area contributed by atoms with Crippen LogP contribution in [-0.2, 0) is 6.54 Å². The minimum absolute atomic E-state index is 0.392. The maximum atomic E-state index is 11.3. The molecule has 0 aliphatic rings. The van der Waals surface area contributed by atoms with E-state index in [0.29, 0.717) is 5.56 Å². The highest BCUT2D eigenvalue weighted by Gasteiger charge is 2.07. The van der Waals surface area contributed by atoms with Crippen LogP contribution in [0.4, 0.5) is 5.69 Å². The third-order valence-corrected chi connectivity index (χ3v) is 3.16. The first-order valence-corrected chi connectivity index (χ1v) is 6.27. The summed E-state index contributed by atoms with van der Waals surface area (Å²) in [5.74, 6) is -0.392. The Morgan fingerprint density at radius 3 is 2.58 bits per heavy atom. The van der Waals surface area contributed by atoms with Crippen molar-refractivity contribution in [1.29, 1.82) is 0 Å². The summed E-state index contributed by atoms with van der Waals surface area (Å²) in [6, 6.07) is 13.9. The molecular weight excluding hydrogens is 236 g/mol. The van der Waals surface area contributed by atoms with Crippen LogP contribution in [-0.4, -0.2) is 5.91 Å². The van der Waals surface area contributed by atoms with E-state index >= 15 is 0 Å². The lowest BCUT2D eigenvalue weighted by atomic mass is 10.1. The first-order valence-electron chi connectivity index (χ1n) is 6.27. The number of hydrogen-bond donors (Lipinski definition) is 2. The number of benzene rings is 2. The maximum Gasteiger partial charge on any atom is 0.249 e. The average Bonchev–Trinajstić information content (AvgIpc) is 2.37. The summed E-state index contributed by atoms with van der Waals surface area (Å²) in [6.07, 6.45) is 0. The third kappa shape index (κ3) is 3.13. The molecule has 0 saturated heterocycles. The van der Waals surface area contributed by atoms with E-state index in [0.717, 1.165) is 17.8 Å². The van der Waals surface area contributed by atoms with Gasteiger partial charge in [0.2, 0.25) is 5.91 Å². The number of hydrogen-bond acceptors (Lipinski definition) is 2. The molecular formula is C16H18N2O. The summed E-state index contributed by atoms with van der Waals surface area (Å²) < 4.78 is 0. The highest BCUT2D eigenvalue weighted by Crippen LogP contribution is 2.19. The number of carbonyl (C=O) groups excluding carboxylic acids is 1. The quantitative estimate of drug-likeness (QED) is 0.881. The van der Waals surface area contributed by atoms with E-state index in [-0.39, 0.29) is 0 Å². The molecule has 3 heteroatoms. The van der Waals surface area contributed by atoms with E-state index < -0.39 is 5.91 Å². The van der Waals surface area contributed by atoms with Crippen LogP contribution >= 0.6 is 0 Å². The van der Waals surface area contributed by atoms with Gasteiger partial charge in [0.1, 0.15) is 0 Å². The fraction of sp³-hybridized carbons (Fsp3) is 0.188. The van der Waals surface area contributed by atoms with E-state index in [9.17, 15) is 4.79 Å². The Labute approximate surface area is 113 Å². The second-order valence-corrected chi connectivity index (χ2v) is 4.68. The Hall–Kier alpha value is -2.29. The van der Waals surface area contributed by atoms with Gasteiger partial charge in [-0.05, 0) is 37.1 Å². The number of amides is 1. The number of nitrogens with two attached hydrogens (primary N) is 1. The number of carbonyl (C=O) groups is 1. The normalized spacial score (nSPS) is 10.2. The monoisotopic (exact) mass is 254 g/mol. The Morgan fingerprint density at radius 1 is 1.16 bits per heavy atom. The smallest absolute Gasteiger partial charge is 0.249 e. The minimum Gasteiger partial charge on any atom is -0.381 e. The second kappa shape index (κ2) is 5.57. The van der Waals surface area contributed by atoms with E-state index in [1.54, 1.807) is 6.07 Å². The van der Waals surface area contributed by atoms with Crippen LogP contribution in [0.3, 0.4) is 0 Å². The summed E-state index contributed by atoms with van der Waals surface area (Å²) >= 11 is 0. The topological polar surface area (TPSA) is 55.1 Å². The summed E-state index contributed by atoms with van der Waals surface area (Å²) in [4.78, 5) is 11.3. The van der Waals surface area contributed by atoms with Gasteiger partial charge in [-0.25, -0.2) is 0 Å². The molecule has 98 valence electrons. The largest absolute Gasteiger partial charge is 0.381 e. The third-order valence-electron chi connectivity index (χ3n) is 3.16. The molecule has 0 fully saturated rings. The van der Waals surface area contributed by atoms with Crippen LogP contribution in [0.1, 0.15) is 27.0 Å². The number of rotatable bonds is 4. The van der Waals surface area contributed by atoms with Crippen molar-refractivity contribution in [2.45, 2.75) is 20.4 Å². The molecule has 0 unspecified atom stereocenters. The van der Waals surface area contributed by atoms with Crippen LogP contribution < -0.4 is 11.1 Å². The van der Waals surface area contributed by atoms with E-state index in [1.807, 2.05) is 25.1 Å². The summed E-state index contributed by atoms with van der Waals surface area (Å²) in [7, 11) is 0. The van der Waals surface area contributed by atoms with Gasteiger partial charge in [-0.3, -0.25) is 4.79 Å². The molecule has 0 saturated carbocycles. The van der Waals surface area contributed by atoms with Crippen LogP contribution in [0.5, 0.6) is 0 Å². The molecule has 0 bridgehead atoms. The standard InChI is InChI=1S/C16H18N2O/c1-11-5-3-6-13(9-11)10-18-15-8-4-7-14(12(15)2)16(17)19/h3-9,18H,10H2,1-2H3,(H2,17,19). The molecule has 3 nitrogen and oxygen atoms in total. The average molecular weight is 254 g/mol. The lowest BCUT2D eigenvalue weighted by Gasteiger charge is -2.12. The molecule has 2 rings (SSSR count). The highest BCUT2D eigenvalue weighted by molar-refractivity contribution is 5.95. The molecule has 0 aliphatic carbocycles. The molecule has 2 aromatic rings. The molecule has 0 aliphatic heterocycles. The van der Waals surface area contributed by atoms with Crippen molar-refractivity contribution in [3.8, 4) is 0 Å².